The van der Waals surface area contributed by atoms with Crippen molar-refractivity contribution in [2.75, 3.05) is 14.2 Å². The largest absolute Gasteiger partial charge is 0.493 e. The van der Waals surface area contributed by atoms with Gasteiger partial charge in [-0.2, -0.15) is 5.26 Å². The first-order chi connectivity index (χ1) is 10.2. The number of ether oxygens (including phenoxy) is 2. The number of nitrogens with zero attached hydrogens (tertiary/aromatic N) is 1. The molecule has 0 saturated carbocycles. The topological polar surface area (TPSA) is 42.2 Å². The number of hydrogen-bond donors (Lipinski definition) is 0. The molecule has 0 N–H and O–H groups in total. The zero-order valence-electron chi connectivity index (χ0n) is 11.8. The predicted octanol–water partition coefficient (Wildman–Crippen LogP) is 4.40. The molecule has 3 nitrogen and oxygen atoms in total. The van der Waals surface area contributed by atoms with Gasteiger partial charge in [0.25, 0.3) is 0 Å². The zero-order valence-corrected chi connectivity index (χ0v) is 12.5. The minimum Gasteiger partial charge on any atom is -0.493 e. The first-order valence-electron chi connectivity index (χ1n) is 6.28. The van der Waals surface area contributed by atoms with Crippen LogP contribution in [0, 0.1) is 11.3 Å². The maximum absolute atomic E-state index is 9.35. The molecule has 2 aromatic carbocycles. The van der Waals surface area contributed by atoms with E-state index in [2.05, 4.69) is 6.07 Å². The first kappa shape index (κ1) is 15.0. The summed E-state index contributed by atoms with van der Waals surface area (Å²) in [5, 5.41) is 10.0. The Kier molecular flexibility index (Phi) is 4.86. The van der Waals surface area contributed by atoms with Crippen LogP contribution in [-0.2, 0) is 0 Å². The molecule has 0 fully saturated rings. The van der Waals surface area contributed by atoms with E-state index < -0.39 is 0 Å². The van der Waals surface area contributed by atoms with E-state index in [1.165, 1.54) is 7.11 Å². The molecular weight excluding hydrogens is 286 g/mol. The summed E-state index contributed by atoms with van der Waals surface area (Å²) in [6.45, 7) is 0. The molecule has 0 amide bonds. The van der Waals surface area contributed by atoms with Crippen molar-refractivity contribution in [1.82, 2.24) is 0 Å². The lowest BCUT2D eigenvalue weighted by atomic mass is 10.0. The normalized spacial score (nSPS) is 10.4. The first-order valence-corrected chi connectivity index (χ1v) is 6.66. The molecular formula is C17H14ClNO2. The second kappa shape index (κ2) is 6.83. The Morgan fingerprint density at radius 1 is 1.10 bits per heavy atom. The Hall–Kier alpha value is -2.44. The van der Waals surface area contributed by atoms with Gasteiger partial charge in [0.2, 0.25) is 0 Å². The highest BCUT2D eigenvalue weighted by Crippen LogP contribution is 2.33. The van der Waals surface area contributed by atoms with E-state index in [9.17, 15) is 5.26 Å². The van der Waals surface area contributed by atoms with E-state index >= 15 is 0 Å². The fraction of sp³-hybridized carbons (Fsp3) is 0.118. The number of methoxy groups -OCH3 is 2. The summed E-state index contributed by atoms with van der Waals surface area (Å²) in [5.41, 5.74) is 2.16. The number of halogens is 1. The summed E-state index contributed by atoms with van der Waals surface area (Å²) in [7, 11) is 3.06. The van der Waals surface area contributed by atoms with Gasteiger partial charge in [-0.3, -0.25) is 0 Å². The van der Waals surface area contributed by atoms with E-state index in [-0.39, 0.29) is 0 Å². The highest BCUT2D eigenvalue weighted by atomic mass is 35.5. The fourth-order valence-electron chi connectivity index (χ4n) is 1.99. The molecule has 4 heteroatoms. The van der Waals surface area contributed by atoms with Crippen LogP contribution in [0.25, 0.3) is 12.2 Å². The molecule has 0 radical (unpaired) electrons. The molecule has 0 bridgehead atoms. The molecule has 0 aliphatic rings. The molecule has 2 aromatic rings. The summed E-state index contributed by atoms with van der Waals surface area (Å²) >= 11 is 5.95. The minimum atomic E-state index is 0.438. The third-order valence-corrected chi connectivity index (χ3v) is 3.23. The van der Waals surface area contributed by atoms with E-state index in [0.717, 1.165) is 11.1 Å². The SMILES string of the molecule is COc1ccc(C=Cc2cccc(Cl)c2)c(C#N)c1OC. The molecule has 0 spiro atoms. The van der Waals surface area contributed by atoms with Gasteiger partial charge >= 0.3 is 0 Å². The quantitative estimate of drug-likeness (QED) is 0.786. The van der Waals surface area contributed by atoms with Crippen molar-refractivity contribution in [1.29, 1.82) is 5.26 Å². The van der Waals surface area contributed by atoms with E-state index in [1.54, 1.807) is 13.2 Å². The smallest absolute Gasteiger partial charge is 0.179 e. The Balaban J connectivity index is 2.43. The van der Waals surface area contributed by atoms with Crippen LogP contribution in [-0.4, -0.2) is 14.2 Å². The van der Waals surface area contributed by atoms with Crippen LogP contribution in [0.15, 0.2) is 36.4 Å². The van der Waals surface area contributed by atoms with E-state index in [4.69, 9.17) is 21.1 Å². The average Bonchev–Trinajstić information content (AvgIpc) is 2.51. The summed E-state index contributed by atoms with van der Waals surface area (Å²) in [5.74, 6) is 0.974. The second-order valence-electron chi connectivity index (χ2n) is 4.27. The predicted molar refractivity (Wildman–Crippen MR) is 84.6 cm³/mol. The van der Waals surface area contributed by atoms with Gasteiger partial charge in [-0.15, -0.1) is 0 Å². The lowest BCUT2D eigenvalue weighted by Gasteiger charge is -2.10. The van der Waals surface area contributed by atoms with E-state index in [1.807, 2.05) is 42.5 Å². The zero-order chi connectivity index (χ0) is 15.2. The van der Waals surface area contributed by atoms with Gasteiger partial charge in [0, 0.05) is 5.02 Å². The van der Waals surface area contributed by atoms with Crippen molar-refractivity contribution >= 4 is 23.8 Å². The van der Waals surface area contributed by atoms with Crippen molar-refractivity contribution in [3.63, 3.8) is 0 Å². The number of rotatable bonds is 4. The lowest BCUT2D eigenvalue weighted by Crippen LogP contribution is -1.95. The minimum absolute atomic E-state index is 0.438. The van der Waals surface area contributed by atoms with Crippen LogP contribution < -0.4 is 9.47 Å². The standard InChI is InChI=1S/C17H14ClNO2/c1-20-16-9-8-13(15(11-19)17(16)21-2)7-6-12-4-3-5-14(18)10-12/h3-10H,1-2H3. The molecule has 0 aliphatic heterocycles. The van der Waals surface area contributed by atoms with Gasteiger partial charge in [0.15, 0.2) is 11.5 Å². The van der Waals surface area contributed by atoms with Crippen LogP contribution in [0.4, 0.5) is 0 Å². The van der Waals surface area contributed by atoms with Gasteiger partial charge in [0.05, 0.1) is 14.2 Å². The third kappa shape index (κ3) is 3.36. The van der Waals surface area contributed by atoms with Crippen molar-refractivity contribution in [3.05, 3.63) is 58.1 Å². The Morgan fingerprint density at radius 2 is 1.90 bits per heavy atom. The maximum Gasteiger partial charge on any atom is 0.179 e. The van der Waals surface area contributed by atoms with E-state index in [0.29, 0.717) is 22.1 Å². The summed E-state index contributed by atoms with van der Waals surface area (Å²) in [6.07, 6.45) is 3.75. The molecule has 0 aliphatic carbocycles. The summed E-state index contributed by atoms with van der Waals surface area (Å²) < 4.78 is 10.5. The molecule has 0 heterocycles. The van der Waals surface area contributed by atoms with Crippen LogP contribution in [0.2, 0.25) is 5.02 Å². The average molecular weight is 300 g/mol. The third-order valence-electron chi connectivity index (χ3n) is 2.99. The van der Waals surface area contributed by atoms with Gasteiger partial charge in [0.1, 0.15) is 11.6 Å². The van der Waals surface area contributed by atoms with Crippen LogP contribution >= 0.6 is 11.6 Å². The molecule has 0 atom stereocenters. The molecule has 0 unspecified atom stereocenters. The van der Waals surface area contributed by atoms with Gasteiger partial charge in [-0.05, 0) is 35.4 Å². The van der Waals surface area contributed by atoms with Gasteiger partial charge < -0.3 is 9.47 Å². The maximum atomic E-state index is 9.35. The van der Waals surface area contributed by atoms with Crippen molar-refractivity contribution < 1.29 is 9.47 Å². The monoisotopic (exact) mass is 299 g/mol. The second-order valence-corrected chi connectivity index (χ2v) is 4.70. The van der Waals surface area contributed by atoms with Crippen molar-refractivity contribution in [3.8, 4) is 17.6 Å². The van der Waals surface area contributed by atoms with Gasteiger partial charge in [-0.25, -0.2) is 0 Å². The Labute approximate surface area is 129 Å². The highest BCUT2D eigenvalue weighted by Gasteiger charge is 2.12. The lowest BCUT2D eigenvalue weighted by molar-refractivity contribution is 0.354. The molecule has 21 heavy (non-hydrogen) atoms. The van der Waals surface area contributed by atoms with Crippen LogP contribution in [0.3, 0.4) is 0 Å². The summed E-state index contributed by atoms with van der Waals surface area (Å²) in [4.78, 5) is 0. The number of benzene rings is 2. The summed E-state index contributed by atoms with van der Waals surface area (Å²) in [6, 6.07) is 13.2. The highest BCUT2D eigenvalue weighted by molar-refractivity contribution is 6.30. The molecule has 0 saturated heterocycles. The van der Waals surface area contributed by atoms with Crippen molar-refractivity contribution in [2.24, 2.45) is 0 Å². The number of hydrogen-bond acceptors (Lipinski definition) is 3. The Morgan fingerprint density at radius 3 is 2.52 bits per heavy atom. The van der Waals surface area contributed by atoms with Crippen LogP contribution in [0.5, 0.6) is 11.5 Å². The molecule has 0 aromatic heterocycles. The van der Waals surface area contributed by atoms with Crippen LogP contribution in [0.1, 0.15) is 16.7 Å². The Bertz CT molecular complexity index is 717. The fourth-order valence-corrected chi connectivity index (χ4v) is 2.19. The molecule has 2 rings (SSSR count). The van der Waals surface area contributed by atoms with Crippen molar-refractivity contribution in [2.45, 2.75) is 0 Å². The molecule has 106 valence electrons. The van der Waals surface area contributed by atoms with Gasteiger partial charge in [-0.1, -0.05) is 35.9 Å². The number of nitriles is 1.